The number of carboxylic acid groups (broad SMARTS) is 1. The van der Waals surface area contributed by atoms with Gasteiger partial charge >= 0.3 is 5.97 Å². The molecule has 0 rings (SSSR count). The molecule has 19 heavy (non-hydrogen) atoms. The summed E-state index contributed by atoms with van der Waals surface area (Å²) in [5.41, 5.74) is 0.503. The summed E-state index contributed by atoms with van der Waals surface area (Å²) in [6.45, 7) is 5.78. The second kappa shape index (κ2) is 13.6. The highest BCUT2D eigenvalue weighted by Crippen LogP contribution is 2.07. The third-order valence-electron chi connectivity index (χ3n) is 3.36. The predicted molar refractivity (Wildman–Crippen MR) is 81.5 cm³/mol. The first-order valence-electron chi connectivity index (χ1n) is 7.85. The van der Waals surface area contributed by atoms with Gasteiger partial charge in [0, 0.05) is 12.1 Å². The van der Waals surface area contributed by atoms with E-state index in [9.17, 15) is 4.79 Å². The lowest BCUT2D eigenvalue weighted by Crippen LogP contribution is -2.16. The fraction of sp³-hybridized carbons (Fsp3) is 0.812. The quantitative estimate of drug-likeness (QED) is 0.390. The van der Waals surface area contributed by atoms with E-state index in [4.69, 9.17) is 5.11 Å². The Morgan fingerprint density at radius 3 is 2.11 bits per heavy atom. The molecule has 0 aliphatic heterocycles. The number of hydrogen-bond donors (Lipinski definition) is 2. The zero-order valence-corrected chi connectivity index (χ0v) is 12.7. The van der Waals surface area contributed by atoms with E-state index in [0.29, 0.717) is 18.5 Å². The monoisotopic (exact) mass is 269 g/mol. The summed E-state index contributed by atoms with van der Waals surface area (Å²) >= 11 is 0. The van der Waals surface area contributed by atoms with E-state index >= 15 is 0 Å². The Kier molecular flexibility index (Phi) is 13.0. The molecule has 0 bridgehead atoms. The van der Waals surface area contributed by atoms with Crippen LogP contribution in [0.25, 0.3) is 0 Å². The average Bonchev–Trinajstić information content (AvgIpc) is 2.40. The van der Waals surface area contributed by atoms with Crippen molar-refractivity contribution in [3.63, 3.8) is 0 Å². The summed E-state index contributed by atoms with van der Waals surface area (Å²) in [5.74, 6) is -0.795. The van der Waals surface area contributed by atoms with Gasteiger partial charge < -0.3 is 10.4 Å². The molecule has 0 saturated carbocycles. The zero-order chi connectivity index (χ0) is 14.3. The van der Waals surface area contributed by atoms with Gasteiger partial charge in [0.1, 0.15) is 0 Å². The van der Waals surface area contributed by atoms with Crippen molar-refractivity contribution in [1.29, 1.82) is 0 Å². The molecule has 0 radical (unpaired) electrons. The second-order valence-corrected chi connectivity index (χ2v) is 5.07. The smallest absolute Gasteiger partial charge is 0.331 e. The van der Waals surface area contributed by atoms with Crippen LogP contribution in [0.1, 0.15) is 71.6 Å². The van der Waals surface area contributed by atoms with Crippen LogP contribution >= 0.6 is 0 Å². The lowest BCUT2D eigenvalue weighted by Gasteiger charge is -2.03. The SMILES string of the molecule is CCCCCCCCCCNC/C=C(/CC)C(=O)O. The number of aliphatic carboxylic acids is 1. The van der Waals surface area contributed by atoms with Crippen LogP contribution in [0.3, 0.4) is 0 Å². The van der Waals surface area contributed by atoms with Gasteiger partial charge in [-0.25, -0.2) is 4.79 Å². The first-order chi connectivity index (χ1) is 9.22. The first-order valence-corrected chi connectivity index (χ1v) is 7.85. The minimum Gasteiger partial charge on any atom is -0.478 e. The van der Waals surface area contributed by atoms with Gasteiger partial charge in [0.15, 0.2) is 0 Å². The molecule has 3 heteroatoms. The lowest BCUT2D eigenvalue weighted by atomic mass is 10.1. The van der Waals surface area contributed by atoms with Crippen molar-refractivity contribution in [2.75, 3.05) is 13.1 Å². The molecule has 2 N–H and O–H groups in total. The van der Waals surface area contributed by atoms with Crippen LogP contribution in [-0.4, -0.2) is 24.2 Å². The molecule has 0 atom stereocenters. The molecule has 0 saturated heterocycles. The van der Waals surface area contributed by atoms with E-state index in [-0.39, 0.29) is 0 Å². The van der Waals surface area contributed by atoms with E-state index < -0.39 is 5.97 Å². The fourth-order valence-electron chi connectivity index (χ4n) is 2.06. The van der Waals surface area contributed by atoms with Gasteiger partial charge in [0.05, 0.1) is 0 Å². The maximum atomic E-state index is 10.7. The van der Waals surface area contributed by atoms with Gasteiger partial charge in [0.2, 0.25) is 0 Å². The molecule has 0 amide bonds. The Bertz CT molecular complexity index is 249. The van der Waals surface area contributed by atoms with Crippen molar-refractivity contribution < 1.29 is 9.90 Å². The average molecular weight is 269 g/mol. The van der Waals surface area contributed by atoms with Gasteiger partial charge in [-0.05, 0) is 19.4 Å². The fourth-order valence-corrected chi connectivity index (χ4v) is 2.06. The predicted octanol–water partition coefficient (Wildman–Crippen LogP) is 4.14. The minimum absolute atomic E-state index is 0.503. The number of rotatable bonds is 13. The molecule has 0 fully saturated rings. The van der Waals surface area contributed by atoms with Crippen LogP contribution in [0.4, 0.5) is 0 Å². The van der Waals surface area contributed by atoms with Crippen LogP contribution in [0, 0.1) is 0 Å². The third kappa shape index (κ3) is 12.0. The molecule has 0 aliphatic rings. The zero-order valence-electron chi connectivity index (χ0n) is 12.7. The van der Waals surface area contributed by atoms with E-state index in [1.807, 2.05) is 6.92 Å². The Morgan fingerprint density at radius 1 is 1.00 bits per heavy atom. The highest BCUT2D eigenvalue weighted by molar-refractivity contribution is 5.86. The van der Waals surface area contributed by atoms with Crippen molar-refractivity contribution in [2.45, 2.75) is 71.6 Å². The van der Waals surface area contributed by atoms with E-state index in [1.54, 1.807) is 6.08 Å². The maximum absolute atomic E-state index is 10.7. The molecule has 0 spiro atoms. The van der Waals surface area contributed by atoms with E-state index in [1.165, 1.54) is 51.4 Å². The van der Waals surface area contributed by atoms with E-state index in [0.717, 1.165) is 6.54 Å². The van der Waals surface area contributed by atoms with Gasteiger partial charge in [0.25, 0.3) is 0 Å². The van der Waals surface area contributed by atoms with Crippen molar-refractivity contribution in [2.24, 2.45) is 0 Å². The highest BCUT2D eigenvalue weighted by Gasteiger charge is 2.02. The summed E-state index contributed by atoms with van der Waals surface area (Å²) in [7, 11) is 0. The number of nitrogens with one attached hydrogen (secondary N) is 1. The highest BCUT2D eigenvalue weighted by atomic mass is 16.4. The Labute approximate surface area is 118 Å². The van der Waals surface area contributed by atoms with Crippen LogP contribution in [-0.2, 0) is 4.79 Å². The molecule has 112 valence electrons. The van der Waals surface area contributed by atoms with Crippen molar-refractivity contribution in [3.8, 4) is 0 Å². The summed E-state index contributed by atoms with van der Waals surface area (Å²) in [6, 6.07) is 0. The number of carbonyl (C=O) groups is 1. The number of hydrogen-bond acceptors (Lipinski definition) is 2. The summed E-state index contributed by atoms with van der Waals surface area (Å²) < 4.78 is 0. The molecule has 0 aromatic carbocycles. The largest absolute Gasteiger partial charge is 0.478 e. The van der Waals surface area contributed by atoms with Gasteiger partial charge in [-0.1, -0.05) is 64.9 Å². The molecule has 0 aliphatic carbocycles. The van der Waals surface area contributed by atoms with Crippen molar-refractivity contribution >= 4 is 5.97 Å². The van der Waals surface area contributed by atoms with Crippen LogP contribution in [0.15, 0.2) is 11.6 Å². The van der Waals surface area contributed by atoms with Crippen LogP contribution in [0.2, 0.25) is 0 Å². The molecular formula is C16H31NO2. The van der Waals surface area contributed by atoms with Crippen LogP contribution in [0.5, 0.6) is 0 Å². The van der Waals surface area contributed by atoms with Crippen molar-refractivity contribution in [1.82, 2.24) is 5.32 Å². The molecule has 0 heterocycles. The first kappa shape index (κ1) is 18.2. The second-order valence-electron chi connectivity index (χ2n) is 5.07. The Hall–Kier alpha value is -0.830. The Balaban J connectivity index is 3.29. The molecule has 0 aromatic rings. The normalized spacial score (nSPS) is 11.8. The Morgan fingerprint density at radius 2 is 1.58 bits per heavy atom. The summed E-state index contributed by atoms with van der Waals surface area (Å²) in [5, 5.41) is 12.1. The maximum Gasteiger partial charge on any atom is 0.331 e. The summed E-state index contributed by atoms with van der Waals surface area (Å²) in [4.78, 5) is 10.7. The van der Waals surface area contributed by atoms with E-state index in [2.05, 4.69) is 12.2 Å². The standard InChI is InChI=1S/C16H31NO2/c1-3-5-6-7-8-9-10-11-13-17-14-12-15(4-2)16(18)19/h12,17H,3-11,13-14H2,1-2H3,(H,18,19)/b15-12-. The van der Waals surface area contributed by atoms with Gasteiger partial charge in [-0.2, -0.15) is 0 Å². The molecule has 0 aromatic heterocycles. The third-order valence-corrected chi connectivity index (χ3v) is 3.36. The van der Waals surface area contributed by atoms with Crippen LogP contribution < -0.4 is 5.32 Å². The minimum atomic E-state index is -0.795. The lowest BCUT2D eigenvalue weighted by molar-refractivity contribution is -0.132. The number of carboxylic acids is 1. The van der Waals surface area contributed by atoms with Crippen molar-refractivity contribution in [3.05, 3.63) is 11.6 Å². The van der Waals surface area contributed by atoms with Gasteiger partial charge in [-0.3, -0.25) is 0 Å². The number of unbranched alkanes of at least 4 members (excludes halogenated alkanes) is 7. The topological polar surface area (TPSA) is 49.3 Å². The molecule has 3 nitrogen and oxygen atoms in total. The molecular weight excluding hydrogens is 238 g/mol. The van der Waals surface area contributed by atoms with Gasteiger partial charge in [-0.15, -0.1) is 0 Å². The molecule has 0 unspecified atom stereocenters. The summed E-state index contributed by atoms with van der Waals surface area (Å²) in [6.07, 6.45) is 13.0.